The van der Waals surface area contributed by atoms with Gasteiger partial charge in [-0.1, -0.05) is 90.2 Å². The Bertz CT molecular complexity index is 7230. The zero-order chi connectivity index (χ0) is 100. The van der Waals surface area contributed by atoms with Crippen molar-refractivity contribution < 1.29 is 119 Å². The average Bonchev–Trinajstić information content (AvgIpc) is 1.56. The first-order chi connectivity index (χ1) is 66.6. The Morgan fingerprint density at radius 2 is 0.807 bits per heavy atom. The lowest BCUT2D eigenvalue weighted by atomic mass is 9.67. The van der Waals surface area contributed by atoms with Gasteiger partial charge in [0.1, 0.15) is 39.2 Å². The lowest BCUT2D eigenvalue weighted by Gasteiger charge is -2.40. The number of carbonyl (C=O) groups excluding carboxylic acids is 17. The van der Waals surface area contributed by atoms with Gasteiger partial charge in [-0.3, -0.25) is 84.6 Å². The molecule has 140 heavy (non-hydrogen) atoms. The Morgan fingerprint density at radius 3 is 1.14 bits per heavy atom. The van der Waals surface area contributed by atoms with Crippen molar-refractivity contribution in [3.05, 3.63) is 220 Å². The molecule has 19 rings (SSSR count). The van der Waals surface area contributed by atoms with Crippen LogP contribution in [0.15, 0.2) is 134 Å². The molecule has 11 aliphatic rings. The number of anilines is 1. The zero-order valence-electron chi connectivity index (χ0n) is 74.3. The summed E-state index contributed by atoms with van der Waals surface area (Å²) in [7, 11) is 2.14. The van der Waals surface area contributed by atoms with E-state index in [9.17, 15) is 94.7 Å². The molecule has 1 saturated carbocycles. The second-order valence-corrected chi connectivity index (χ2v) is 37.4. The van der Waals surface area contributed by atoms with Gasteiger partial charge in [0.2, 0.25) is 32.2 Å². The molecule has 47 heteroatoms. The molecule has 0 spiro atoms. The van der Waals surface area contributed by atoms with Gasteiger partial charge in [-0.25, -0.2) is 51.7 Å². The van der Waals surface area contributed by atoms with Crippen molar-refractivity contribution >= 4 is 146 Å². The monoisotopic (exact) mass is 1960 g/mol. The van der Waals surface area contributed by atoms with Gasteiger partial charge < -0.3 is 81.3 Å². The zero-order valence-corrected chi connectivity index (χ0v) is 76.8. The van der Waals surface area contributed by atoms with Crippen LogP contribution in [0, 0.1) is 53.3 Å². The van der Waals surface area contributed by atoms with Gasteiger partial charge in [-0.05, 0) is 144 Å². The molecule has 6 saturated heterocycles. The molecule has 6 atom stereocenters. The summed E-state index contributed by atoms with van der Waals surface area (Å²) in [4.78, 5) is 234. The molecule has 8 aromatic rings. The first-order valence-corrected chi connectivity index (χ1v) is 45.7. The van der Waals surface area contributed by atoms with E-state index in [4.69, 9.17) is 29.8 Å². The number of hydrogen-bond donors (Lipinski definition) is 15. The standard InChI is InChI=1S/C28H25N5O6.C23H19N5O6S.C22H20N6O7S.C20H15N3O6S/c1-39-20-10-7-17-14-33(22(34)21(17)13-20)15-27(23(35)29-25(37)31-27)12-11-16-5-8-19(9-6-16)28(18-3-2-4-18)24(36)30-26(38)32-28;1-22(18(30)24-20(32)26-22)16-6-5-14(35-16)7-8-23(19(31)25-21(33)27-23)11-28-10-12-3-4-13(34-2)9-15(12)17(28)29;1-35-14-4-3-13-10-28(19(30)15(13)8-14)11-22(20(31)25-21(32)26-22)6-5-12-7-16(17(23)24-9-12)18(29)27-36(2,33)34;1-29-12-3-2-11-9-23(16(24)14(11)8-12)10-20(18(27)21-19(28)22-20)7-6-13-4-5-15(30-13)17(25)26/h5-10,13,18H,2-4,14-15H2,1H3,(H2,29,31,35,37)(H2,30,32,36,38);3-6,9H,10-11H2,1-2H3,(H2,24,26,30,32)(H2,25,27,31,33);3-4,7-9H,10-11H2,1-2H3,(H2,23,24)(H,27,29)(H2,25,26,31,32);2-5,8H,9-10H2,1H3,(H,25,26)(H2,21,22,27,28)/t27-,28?;22?,23-;22-;20-/m1110/s1. The molecule has 1 aliphatic carbocycles. The quantitative estimate of drug-likeness (QED) is 0.0427. The minimum absolute atomic E-state index is 0.00337. The van der Waals surface area contributed by atoms with Crippen LogP contribution < -0.4 is 93.2 Å². The molecular formula is C93H79N19O25S3. The van der Waals surface area contributed by atoms with E-state index in [0.717, 1.165) is 59.1 Å². The molecular weight excluding hydrogens is 1880 g/mol. The maximum absolute atomic E-state index is 13.1. The van der Waals surface area contributed by atoms with Crippen LogP contribution in [0.4, 0.5) is 34.6 Å². The van der Waals surface area contributed by atoms with Crippen LogP contribution in [-0.4, -0.2) is 228 Å². The number of urea groups is 6. The summed E-state index contributed by atoms with van der Waals surface area (Å²) < 4.78 is 45.3. The van der Waals surface area contributed by atoms with Crippen molar-refractivity contribution in [2.45, 2.75) is 85.6 Å². The molecule has 16 N–H and O–H groups in total. The van der Waals surface area contributed by atoms with Crippen molar-refractivity contribution in [1.82, 2.24) is 93.1 Å². The predicted molar refractivity (Wildman–Crippen MR) is 489 cm³/mol. The van der Waals surface area contributed by atoms with Crippen molar-refractivity contribution in [2.24, 2.45) is 5.92 Å². The molecule has 714 valence electrons. The summed E-state index contributed by atoms with van der Waals surface area (Å²) in [6.45, 7) is 1.79. The molecule has 2 unspecified atom stereocenters. The van der Waals surface area contributed by atoms with Gasteiger partial charge in [0, 0.05) is 70.6 Å². The second-order valence-electron chi connectivity index (χ2n) is 33.4. The average molecular weight is 1960 g/mol. The Morgan fingerprint density at radius 1 is 0.450 bits per heavy atom. The van der Waals surface area contributed by atoms with E-state index < -0.39 is 121 Å². The third kappa shape index (κ3) is 18.7. The van der Waals surface area contributed by atoms with Gasteiger partial charge in [0.15, 0.2) is 5.54 Å². The van der Waals surface area contributed by atoms with E-state index >= 15 is 0 Å². The lowest BCUT2D eigenvalue weighted by Crippen LogP contribution is -2.54. The SMILES string of the molecule is COc1ccc2c(c1)C(=O)N(C[C@@]1(C#Cc3ccc(C4(C)NC(=O)NC4=O)s3)NC(=O)NC1=O)C2.COc1ccc2c(c1)C(=O)N(C[C@@]1(C#Cc3ccc(C4(C5CCC5)NC(=O)NC4=O)cc3)NC(=O)NC1=O)C2.COc1ccc2c(c1)C(=O)N(C[C@@]1(C#Cc3cnc(N)c(C(=O)NS(C)(=O)=O)c3)NC(=O)NC1=O)C2.COc1ccc2c(c1)C(=O)N(C[C@]1(C#Cc3ccc(C(=O)O)s3)NC(=O)NC1=O)C2. The first kappa shape index (κ1) is 95.5. The number of carboxylic acids is 1. The maximum atomic E-state index is 13.1. The number of nitrogens with one attached hydrogen (secondary N) is 13. The Balaban J connectivity index is 0.000000135. The Hall–Kier alpha value is -17.7. The lowest BCUT2D eigenvalue weighted by molar-refractivity contribution is -0.128. The highest BCUT2D eigenvalue weighted by Gasteiger charge is 2.57. The number of nitrogens with zero attached hydrogens (tertiary/aromatic N) is 5. The van der Waals surface area contributed by atoms with Crippen LogP contribution in [0.3, 0.4) is 0 Å². The normalized spacial score (nSPS) is 22.4. The van der Waals surface area contributed by atoms with Crippen LogP contribution in [0.5, 0.6) is 23.0 Å². The smallest absolute Gasteiger partial charge is 0.345 e. The van der Waals surface area contributed by atoms with E-state index in [1.807, 2.05) is 0 Å². The number of thiophene rings is 2. The molecule has 0 radical (unpaired) electrons. The number of carbonyl (C=O) groups is 18. The molecule has 23 amide bonds. The van der Waals surface area contributed by atoms with Gasteiger partial charge in [0.05, 0.1) is 76.2 Å². The van der Waals surface area contributed by atoms with Crippen LogP contribution >= 0.6 is 22.7 Å². The molecule has 10 aliphatic heterocycles. The van der Waals surface area contributed by atoms with Crippen LogP contribution in [-0.2, 0) is 76.0 Å². The third-order valence-corrected chi connectivity index (χ3v) is 27.0. The summed E-state index contributed by atoms with van der Waals surface area (Å²) in [5.74, 6) is 17.3. The van der Waals surface area contributed by atoms with E-state index in [2.05, 4.69) is 116 Å². The summed E-state index contributed by atoms with van der Waals surface area (Å²) in [5.41, 5.74) is 2.50. The number of pyridine rings is 1. The Labute approximate surface area is 801 Å². The van der Waals surface area contributed by atoms with Crippen molar-refractivity contribution in [1.29, 1.82) is 0 Å². The number of nitrogen functional groups attached to an aromatic ring is 1. The number of methoxy groups -OCH3 is 4. The maximum Gasteiger partial charge on any atom is 0.345 e. The molecule has 7 fully saturated rings. The second kappa shape index (κ2) is 37.2. The number of fused-ring (bicyclic) bond motifs is 4. The highest BCUT2D eigenvalue weighted by atomic mass is 32.2. The van der Waals surface area contributed by atoms with Crippen LogP contribution in [0.2, 0.25) is 0 Å². The van der Waals surface area contributed by atoms with E-state index in [1.165, 1.54) is 83.8 Å². The predicted octanol–water partition coefficient (Wildman–Crippen LogP) is 1.50. The fourth-order valence-corrected chi connectivity index (χ4v) is 19.0. The molecule has 13 heterocycles. The number of ether oxygens (including phenoxy) is 4. The van der Waals surface area contributed by atoms with Crippen LogP contribution in [0.1, 0.15) is 141 Å². The number of sulfonamides is 1. The number of aromatic nitrogens is 1. The fraction of sp³-hybridized carbons (Fsp3) is 0.258. The number of hydrogen-bond acceptors (Lipinski definition) is 28. The van der Waals surface area contributed by atoms with Crippen molar-refractivity contribution in [3.8, 4) is 70.4 Å². The largest absolute Gasteiger partial charge is 0.497 e. The van der Waals surface area contributed by atoms with Gasteiger partial charge in [-0.15, -0.1) is 22.7 Å². The van der Waals surface area contributed by atoms with E-state index in [1.54, 1.807) is 121 Å². The molecule has 5 aromatic carbocycles. The van der Waals surface area contributed by atoms with Crippen LogP contribution in [0.25, 0.3) is 0 Å². The summed E-state index contributed by atoms with van der Waals surface area (Å²) >= 11 is 2.12. The van der Waals surface area contributed by atoms with Crippen molar-refractivity contribution in [2.75, 3.05) is 66.6 Å². The number of aromatic carboxylic acids is 1. The van der Waals surface area contributed by atoms with Crippen molar-refractivity contribution in [3.63, 3.8) is 0 Å². The van der Waals surface area contributed by atoms with Gasteiger partial charge in [0.25, 0.3) is 65.0 Å². The van der Waals surface area contributed by atoms with Gasteiger partial charge in [-0.2, -0.15) is 0 Å². The Kier molecular flexibility index (Phi) is 25.3. The number of amides is 23. The number of nitrogens with two attached hydrogens (primary N) is 1. The number of carboxylic acid groups (broad SMARTS) is 1. The molecule has 44 nitrogen and oxygen atoms in total. The molecule has 3 aromatic heterocycles. The number of rotatable bonds is 18. The highest BCUT2D eigenvalue weighted by Crippen LogP contribution is 2.45. The topological polar surface area (TPSA) is 607 Å². The summed E-state index contributed by atoms with van der Waals surface area (Å²) in [6, 6.07) is 30.9. The van der Waals surface area contributed by atoms with Gasteiger partial charge >= 0.3 is 42.2 Å². The molecule has 0 bridgehead atoms. The summed E-state index contributed by atoms with van der Waals surface area (Å²) in [5, 5.41) is 37.8. The summed E-state index contributed by atoms with van der Waals surface area (Å²) in [6.07, 6.45) is 4.67. The highest BCUT2D eigenvalue weighted by molar-refractivity contribution is 7.89. The number of imide groups is 6. The third-order valence-electron chi connectivity index (χ3n) is 24.3. The van der Waals surface area contributed by atoms with E-state index in [0.29, 0.717) is 71.0 Å². The minimum atomic E-state index is -3.86. The minimum Gasteiger partial charge on any atom is -0.497 e. The first-order valence-electron chi connectivity index (χ1n) is 42.2. The van der Waals surface area contributed by atoms with E-state index in [-0.39, 0.29) is 110 Å². The number of benzene rings is 5. The fourth-order valence-electron chi connectivity index (χ4n) is 16.9.